The number of aromatic nitrogens is 1. The van der Waals surface area contributed by atoms with Gasteiger partial charge in [0, 0.05) is 18.7 Å². The Balaban J connectivity index is 1.77. The van der Waals surface area contributed by atoms with Crippen molar-refractivity contribution in [1.29, 1.82) is 0 Å². The summed E-state index contributed by atoms with van der Waals surface area (Å²) in [4.78, 5) is 31.1. The van der Waals surface area contributed by atoms with Crippen LogP contribution in [0.5, 0.6) is 17.4 Å². The zero-order chi connectivity index (χ0) is 25.9. The number of carbonyl (C=O) groups excluding carboxylic acids is 2. The Morgan fingerprint density at radius 3 is 2.54 bits per heavy atom. The molecule has 1 amide bonds. The molecule has 1 aromatic heterocycles. The van der Waals surface area contributed by atoms with E-state index in [4.69, 9.17) is 37.4 Å². The molecule has 1 aliphatic rings. The van der Waals surface area contributed by atoms with Gasteiger partial charge in [0.25, 0.3) is 5.91 Å². The van der Waals surface area contributed by atoms with Gasteiger partial charge in [-0.25, -0.2) is 14.2 Å². The van der Waals surface area contributed by atoms with E-state index in [1.807, 2.05) is 13.8 Å². The van der Waals surface area contributed by atoms with E-state index < -0.39 is 29.3 Å². The van der Waals surface area contributed by atoms with E-state index >= 15 is 0 Å². The predicted octanol–water partition coefficient (Wildman–Crippen LogP) is 6.30. The smallest absolute Gasteiger partial charge is 0.329 e. The summed E-state index contributed by atoms with van der Waals surface area (Å²) in [5, 5.41) is 0.243. The molecule has 1 fully saturated rings. The van der Waals surface area contributed by atoms with Crippen LogP contribution in [0.15, 0.2) is 24.4 Å². The van der Waals surface area contributed by atoms with E-state index in [0.717, 1.165) is 6.07 Å². The minimum atomic E-state index is -0.833. The topological polar surface area (TPSA) is 78.0 Å². The number of nitrogens with zero attached hydrogens (tertiary/aromatic N) is 2. The lowest BCUT2D eigenvalue weighted by atomic mass is 10.1. The summed E-state index contributed by atoms with van der Waals surface area (Å²) in [5.74, 6) is -1.22. The lowest BCUT2D eigenvalue weighted by Crippen LogP contribution is -2.43. The van der Waals surface area contributed by atoms with Gasteiger partial charge in [-0.2, -0.15) is 0 Å². The van der Waals surface area contributed by atoms with Crippen molar-refractivity contribution >= 4 is 35.1 Å². The lowest BCUT2D eigenvalue weighted by Gasteiger charge is -2.27. The molecule has 0 spiro atoms. The molecule has 2 heterocycles. The molecule has 0 aliphatic carbocycles. The highest BCUT2D eigenvalue weighted by molar-refractivity contribution is 6.32. The molecule has 0 radical (unpaired) electrons. The molecule has 1 aromatic carbocycles. The zero-order valence-corrected chi connectivity index (χ0v) is 21.9. The minimum absolute atomic E-state index is 0.0130. The number of carbonyl (C=O) groups is 2. The lowest BCUT2D eigenvalue weighted by molar-refractivity contribution is -0.159. The predicted molar refractivity (Wildman–Crippen MR) is 131 cm³/mol. The van der Waals surface area contributed by atoms with E-state index in [1.54, 1.807) is 20.8 Å². The maximum atomic E-state index is 15.0. The quantitative estimate of drug-likeness (QED) is 0.394. The Bertz CT molecular complexity index is 1100. The first-order valence-electron chi connectivity index (χ1n) is 11.3. The molecule has 0 bridgehead atoms. The van der Waals surface area contributed by atoms with Gasteiger partial charge in [0.15, 0.2) is 0 Å². The van der Waals surface area contributed by atoms with Crippen LogP contribution in [0.4, 0.5) is 4.39 Å². The van der Waals surface area contributed by atoms with Gasteiger partial charge >= 0.3 is 5.97 Å². The van der Waals surface area contributed by atoms with Crippen LogP contribution in [0.25, 0.3) is 0 Å². The van der Waals surface area contributed by atoms with Gasteiger partial charge in [0.1, 0.15) is 34.0 Å². The summed E-state index contributed by atoms with van der Waals surface area (Å²) in [7, 11) is 0. The van der Waals surface area contributed by atoms with Gasteiger partial charge in [-0.1, -0.05) is 37.0 Å². The molecule has 7 nitrogen and oxygen atoms in total. The number of amides is 1. The Labute approximate surface area is 214 Å². The van der Waals surface area contributed by atoms with E-state index in [-0.39, 0.29) is 33.0 Å². The van der Waals surface area contributed by atoms with Gasteiger partial charge in [-0.15, -0.1) is 0 Å². The molecule has 10 heteroatoms. The number of pyridine rings is 1. The molecule has 3 rings (SSSR count). The van der Waals surface area contributed by atoms with Crippen LogP contribution in [-0.2, 0) is 9.53 Å². The van der Waals surface area contributed by atoms with E-state index in [0.29, 0.717) is 31.9 Å². The molecule has 0 saturated carbocycles. The first-order valence-corrected chi connectivity index (χ1v) is 12.1. The fraction of sp³-hybridized carbons (Fsp3) is 0.480. The van der Waals surface area contributed by atoms with Gasteiger partial charge in [-0.3, -0.25) is 4.79 Å². The van der Waals surface area contributed by atoms with Crippen LogP contribution in [0, 0.1) is 11.7 Å². The van der Waals surface area contributed by atoms with Crippen LogP contribution >= 0.6 is 23.2 Å². The summed E-state index contributed by atoms with van der Waals surface area (Å²) in [6, 6.07) is 2.91. The molecule has 1 atom stereocenters. The third-order valence-corrected chi connectivity index (χ3v) is 5.57. The number of hydrogen-bond acceptors (Lipinski definition) is 6. The largest absolute Gasteiger partial charge is 0.476 e. The molecule has 0 N–H and O–H groups in total. The van der Waals surface area contributed by atoms with Gasteiger partial charge in [0.05, 0.1) is 23.4 Å². The Hall–Kier alpha value is -2.58. The number of esters is 1. The minimum Gasteiger partial charge on any atom is -0.476 e. The Kier molecular flexibility index (Phi) is 8.49. The second kappa shape index (κ2) is 11.0. The average molecular weight is 527 g/mol. The number of rotatable bonds is 7. The fourth-order valence-electron chi connectivity index (χ4n) is 3.49. The van der Waals surface area contributed by atoms with Crippen LogP contribution < -0.4 is 9.47 Å². The van der Waals surface area contributed by atoms with Crippen molar-refractivity contribution < 1.29 is 28.2 Å². The molecule has 35 heavy (non-hydrogen) atoms. The zero-order valence-electron chi connectivity index (χ0n) is 20.4. The van der Waals surface area contributed by atoms with Crippen molar-refractivity contribution in [2.45, 2.75) is 59.1 Å². The summed E-state index contributed by atoms with van der Waals surface area (Å²) in [6.45, 7) is 10.0. The third kappa shape index (κ3) is 6.98. The highest BCUT2D eigenvalue weighted by Gasteiger charge is 2.38. The second-order valence-electron chi connectivity index (χ2n) is 9.72. The third-order valence-electron chi connectivity index (χ3n) is 5.01. The number of hydrogen-bond donors (Lipinski definition) is 0. The standard InChI is InChI=1S/C25H29Cl2FN2O5/c1-14(2)13-33-22-18(27)9-15(12-29-22)34-21-11-19(28)16(10-17(21)26)23(31)30-8-6-7-20(30)24(32)35-25(3,4)5/h9-12,14,20H,6-8,13H2,1-5H3/t20-/m0/s1. The van der Waals surface area contributed by atoms with Crippen LogP contribution in [0.1, 0.15) is 57.8 Å². The molecule has 1 saturated heterocycles. The summed E-state index contributed by atoms with van der Waals surface area (Å²) in [6.07, 6.45) is 2.43. The number of ether oxygens (including phenoxy) is 3. The van der Waals surface area contributed by atoms with Gasteiger partial charge in [0.2, 0.25) is 5.88 Å². The SMILES string of the molecule is CC(C)COc1ncc(Oc2cc(F)c(C(=O)N3CCC[C@H]3C(=O)OC(C)(C)C)cc2Cl)cc1Cl. The summed E-state index contributed by atoms with van der Waals surface area (Å²) in [5.41, 5.74) is -0.954. The van der Waals surface area contributed by atoms with E-state index in [2.05, 4.69) is 4.98 Å². The van der Waals surface area contributed by atoms with Crippen molar-refractivity contribution in [3.63, 3.8) is 0 Å². The van der Waals surface area contributed by atoms with Crippen molar-refractivity contribution in [1.82, 2.24) is 9.88 Å². The highest BCUT2D eigenvalue weighted by atomic mass is 35.5. The second-order valence-corrected chi connectivity index (χ2v) is 10.5. The Morgan fingerprint density at radius 1 is 1.20 bits per heavy atom. The summed E-state index contributed by atoms with van der Waals surface area (Å²) < 4.78 is 31.6. The molecule has 1 aliphatic heterocycles. The van der Waals surface area contributed by atoms with E-state index in [9.17, 15) is 14.0 Å². The van der Waals surface area contributed by atoms with Crippen molar-refractivity contribution in [3.8, 4) is 17.4 Å². The van der Waals surface area contributed by atoms with Crippen LogP contribution in [0.3, 0.4) is 0 Å². The van der Waals surface area contributed by atoms with Crippen LogP contribution in [0.2, 0.25) is 10.0 Å². The monoisotopic (exact) mass is 526 g/mol. The number of benzene rings is 1. The first-order chi connectivity index (χ1) is 16.4. The molecular formula is C25H29Cl2FN2O5. The molecule has 2 aromatic rings. The van der Waals surface area contributed by atoms with Gasteiger partial charge < -0.3 is 19.1 Å². The molecule has 190 valence electrons. The number of likely N-dealkylation sites (tertiary alicyclic amines) is 1. The maximum Gasteiger partial charge on any atom is 0.329 e. The Morgan fingerprint density at radius 2 is 1.91 bits per heavy atom. The maximum absolute atomic E-state index is 15.0. The average Bonchev–Trinajstić information content (AvgIpc) is 3.24. The van der Waals surface area contributed by atoms with Crippen molar-refractivity contribution in [3.05, 3.63) is 45.8 Å². The molecule has 0 unspecified atom stereocenters. The van der Waals surface area contributed by atoms with E-state index in [1.165, 1.54) is 23.2 Å². The normalized spacial score (nSPS) is 15.9. The summed E-state index contributed by atoms with van der Waals surface area (Å²) >= 11 is 12.5. The highest BCUT2D eigenvalue weighted by Crippen LogP contribution is 2.35. The number of halogens is 3. The van der Waals surface area contributed by atoms with Crippen molar-refractivity contribution in [2.24, 2.45) is 5.92 Å². The molecular weight excluding hydrogens is 498 g/mol. The van der Waals surface area contributed by atoms with Crippen LogP contribution in [-0.4, -0.2) is 46.6 Å². The first kappa shape index (κ1) is 27.0. The van der Waals surface area contributed by atoms with Gasteiger partial charge in [-0.05, 0) is 45.6 Å². The van der Waals surface area contributed by atoms with Crippen molar-refractivity contribution in [2.75, 3.05) is 13.2 Å². The fourth-order valence-corrected chi connectivity index (χ4v) is 3.91.